The molecule has 0 spiro atoms. The van der Waals surface area contributed by atoms with E-state index in [1.54, 1.807) is 0 Å². The highest BCUT2D eigenvalue weighted by molar-refractivity contribution is 5.26. The van der Waals surface area contributed by atoms with Gasteiger partial charge in [-0.15, -0.1) is 5.10 Å². The highest BCUT2D eigenvalue weighted by Gasteiger charge is 2.22. The monoisotopic (exact) mass is 270 g/mol. The van der Waals surface area contributed by atoms with Crippen molar-refractivity contribution in [3.63, 3.8) is 0 Å². The van der Waals surface area contributed by atoms with Gasteiger partial charge < -0.3 is 19.7 Å². The lowest BCUT2D eigenvalue weighted by Crippen LogP contribution is -2.37. The van der Waals surface area contributed by atoms with E-state index >= 15 is 0 Å². The van der Waals surface area contributed by atoms with Crippen molar-refractivity contribution in [1.29, 1.82) is 0 Å². The van der Waals surface area contributed by atoms with E-state index in [0.29, 0.717) is 24.5 Å². The number of nitrogens with one attached hydrogen (secondary N) is 1. The zero-order valence-corrected chi connectivity index (χ0v) is 12.4. The maximum atomic E-state index is 9.19. The zero-order valence-electron chi connectivity index (χ0n) is 12.4. The maximum absolute atomic E-state index is 9.19. The number of aromatic nitrogens is 2. The average molecular weight is 270 g/mol. The zero-order chi connectivity index (χ0) is 14.3. The van der Waals surface area contributed by atoms with Gasteiger partial charge in [-0.1, -0.05) is 25.9 Å². The van der Waals surface area contributed by atoms with Gasteiger partial charge in [0, 0.05) is 12.6 Å². The van der Waals surface area contributed by atoms with Gasteiger partial charge in [0.15, 0.2) is 0 Å². The molecule has 1 aromatic rings. The molecule has 6 nitrogen and oxygen atoms in total. The van der Waals surface area contributed by atoms with Crippen molar-refractivity contribution in [2.45, 2.75) is 52.6 Å². The molecule has 0 radical (unpaired) electrons. The van der Waals surface area contributed by atoms with Crippen LogP contribution in [0.1, 0.15) is 52.5 Å². The first-order valence-electron chi connectivity index (χ1n) is 7.12. The minimum Gasteiger partial charge on any atom is -0.406 e. The molecule has 0 aromatic carbocycles. The Bertz CT molecular complexity index is 352. The van der Waals surface area contributed by atoms with Crippen LogP contribution >= 0.6 is 0 Å². The standard InChI is InChI=1S/C13H26N4O2/c1-5-11(6-2)17(8-9-18)13-16-15-12(19-13)10(4)14-7-3/h10-11,14,18H,5-9H2,1-4H3. The number of aliphatic hydroxyl groups is 1. The van der Waals surface area contributed by atoms with E-state index < -0.39 is 0 Å². The van der Waals surface area contributed by atoms with Crippen LogP contribution in [0.5, 0.6) is 0 Å². The van der Waals surface area contributed by atoms with E-state index in [1.807, 2.05) is 18.7 Å². The summed E-state index contributed by atoms with van der Waals surface area (Å²) in [5.74, 6) is 0.589. The van der Waals surface area contributed by atoms with Crippen molar-refractivity contribution >= 4 is 6.01 Å². The number of hydrogen-bond acceptors (Lipinski definition) is 6. The van der Waals surface area contributed by atoms with Crippen LogP contribution in [0.4, 0.5) is 6.01 Å². The van der Waals surface area contributed by atoms with E-state index in [9.17, 15) is 5.11 Å². The molecule has 2 N–H and O–H groups in total. The van der Waals surface area contributed by atoms with Crippen molar-refractivity contribution < 1.29 is 9.52 Å². The lowest BCUT2D eigenvalue weighted by atomic mass is 10.1. The molecule has 0 aliphatic rings. The molecule has 0 bridgehead atoms. The van der Waals surface area contributed by atoms with Crippen LogP contribution in [0.15, 0.2) is 4.42 Å². The third-order valence-electron chi connectivity index (χ3n) is 3.28. The Morgan fingerprint density at radius 1 is 1.26 bits per heavy atom. The molecule has 0 aliphatic heterocycles. The molecule has 0 saturated heterocycles. The lowest BCUT2D eigenvalue weighted by Gasteiger charge is -2.27. The SMILES string of the molecule is CCNC(C)c1nnc(N(CCO)C(CC)CC)o1. The smallest absolute Gasteiger partial charge is 0.318 e. The quantitative estimate of drug-likeness (QED) is 0.712. The molecule has 6 heteroatoms. The van der Waals surface area contributed by atoms with Gasteiger partial charge in [-0.3, -0.25) is 0 Å². The van der Waals surface area contributed by atoms with Crippen molar-refractivity contribution in [3.8, 4) is 0 Å². The van der Waals surface area contributed by atoms with Gasteiger partial charge in [0.05, 0.1) is 12.6 Å². The van der Waals surface area contributed by atoms with Crippen molar-refractivity contribution in [2.24, 2.45) is 0 Å². The maximum Gasteiger partial charge on any atom is 0.318 e. The van der Waals surface area contributed by atoms with Crippen LogP contribution in [-0.4, -0.2) is 41.0 Å². The Hall–Kier alpha value is -1.14. The summed E-state index contributed by atoms with van der Waals surface area (Å²) in [4.78, 5) is 2.00. The third kappa shape index (κ3) is 4.18. The second kappa shape index (κ2) is 8.12. The van der Waals surface area contributed by atoms with Gasteiger partial charge in [-0.25, -0.2) is 0 Å². The number of anilines is 1. The van der Waals surface area contributed by atoms with Crippen molar-refractivity contribution in [1.82, 2.24) is 15.5 Å². The Labute approximate surface area is 115 Å². The van der Waals surface area contributed by atoms with E-state index in [2.05, 4.69) is 29.4 Å². The summed E-state index contributed by atoms with van der Waals surface area (Å²) in [7, 11) is 0. The predicted molar refractivity (Wildman–Crippen MR) is 75.2 cm³/mol. The van der Waals surface area contributed by atoms with Crippen LogP contribution in [-0.2, 0) is 0 Å². The lowest BCUT2D eigenvalue weighted by molar-refractivity contribution is 0.290. The van der Waals surface area contributed by atoms with Gasteiger partial charge in [0.25, 0.3) is 0 Å². The van der Waals surface area contributed by atoms with Crippen molar-refractivity contribution in [3.05, 3.63) is 5.89 Å². The summed E-state index contributed by atoms with van der Waals surface area (Å²) in [5.41, 5.74) is 0. The minimum atomic E-state index is 0.0453. The summed E-state index contributed by atoms with van der Waals surface area (Å²) >= 11 is 0. The second-order valence-corrected chi connectivity index (χ2v) is 4.59. The van der Waals surface area contributed by atoms with Crippen LogP contribution < -0.4 is 10.2 Å². The molecule has 1 rings (SSSR count). The van der Waals surface area contributed by atoms with E-state index in [4.69, 9.17) is 4.42 Å². The summed E-state index contributed by atoms with van der Waals surface area (Å²) in [6.45, 7) is 9.73. The average Bonchev–Trinajstić information content (AvgIpc) is 2.89. The van der Waals surface area contributed by atoms with Crippen LogP contribution in [0.2, 0.25) is 0 Å². The first kappa shape index (κ1) is 15.9. The molecule has 0 saturated carbocycles. The Morgan fingerprint density at radius 2 is 1.95 bits per heavy atom. The molecular formula is C13H26N4O2. The topological polar surface area (TPSA) is 74.4 Å². The highest BCUT2D eigenvalue weighted by atomic mass is 16.4. The molecule has 1 aromatic heterocycles. The molecule has 0 fully saturated rings. The molecular weight excluding hydrogens is 244 g/mol. The van der Waals surface area contributed by atoms with Gasteiger partial charge >= 0.3 is 6.01 Å². The normalized spacial score (nSPS) is 12.9. The minimum absolute atomic E-state index is 0.0453. The molecule has 1 atom stereocenters. The predicted octanol–water partition coefficient (Wildman–Crippen LogP) is 1.73. The molecule has 1 unspecified atom stereocenters. The third-order valence-corrected chi connectivity index (χ3v) is 3.28. The molecule has 19 heavy (non-hydrogen) atoms. The van der Waals surface area contributed by atoms with Crippen molar-refractivity contribution in [2.75, 3.05) is 24.6 Å². The fourth-order valence-corrected chi connectivity index (χ4v) is 2.18. The van der Waals surface area contributed by atoms with E-state index in [-0.39, 0.29) is 12.6 Å². The van der Waals surface area contributed by atoms with Gasteiger partial charge in [-0.05, 0) is 26.3 Å². The van der Waals surface area contributed by atoms with Crippen LogP contribution in [0.3, 0.4) is 0 Å². The highest BCUT2D eigenvalue weighted by Crippen LogP contribution is 2.21. The molecule has 1 heterocycles. The Morgan fingerprint density at radius 3 is 2.47 bits per heavy atom. The summed E-state index contributed by atoms with van der Waals surface area (Å²) in [6, 6.07) is 0.862. The molecule has 0 amide bonds. The Kier molecular flexibility index (Phi) is 6.80. The van der Waals surface area contributed by atoms with E-state index in [1.165, 1.54) is 0 Å². The van der Waals surface area contributed by atoms with Gasteiger partial charge in [-0.2, -0.15) is 0 Å². The number of aliphatic hydroxyl groups excluding tert-OH is 1. The summed E-state index contributed by atoms with van der Waals surface area (Å²) < 4.78 is 5.73. The van der Waals surface area contributed by atoms with Crippen LogP contribution in [0.25, 0.3) is 0 Å². The second-order valence-electron chi connectivity index (χ2n) is 4.59. The summed E-state index contributed by atoms with van der Waals surface area (Å²) in [5, 5.41) is 20.6. The first-order chi connectivity index (χ1) is 9.17. The van der Waals surface area contributed by atoms with Gasteiger partial charge in [0.2, 0.25) is 5.89 Å². The number of nitrogens with zero attached hydrogens (tertiary/aromatic N) is 3. The Balaban J connectivity index is 2.85. The molecule has 110 valence electrons. The van der Waals surface area contributed by atoms with Crippen LogP contribution in [0, 0.1) is 0 Å². The number of hydrogen-bond donors (Lipinski definition) is 2. The number of rotatable bonds is 9. The first-order valence-corrected chi connectivity index (χ1v) is 7.12. The summed E-state index contributed by atoms with van der Waals surface area (Å²) in [6.07, 6.45) is 1.97. The van der Waals surface area contributed by atoms with Gasteiger partial charge in [0.1, 0.15) is 0 Å². The largest absolute Gasteiger partial charge is 0.406 e. The fourth-order valence-electron chi connectivity index (χ4n) is 2.18. The molecule has 0 aliphatic carbocycles. The fraction of sp³-hybridized carbons (Fsp3) is 0.846. The van der Waals surface area contributed by atoms with E-state index in [0.717, 1.165) is 19.4 Å².